The fraction of sp³-hybridized carbons (Fsp3) is 0.700. The Balaban J connectivity index is 1.52. The molecule has 1 saturated heterocycles. The zero-order chi connectivity index (χ0) is 22.1. The van der Waals surface area contributed by atoms with Crippen molar-refractivity contribution >= 4 is 10.1 Å². The van der Waals surface area contributed by atoms with Gasteiger partial charge in [0.05, 0.1) is 12.2 Å². The standard InChI is InChI=1S/C20H24F4O5S/c1-3-10(2)11-4-6-12(7-5-11)18-28-16-13-8-14(17(16)29-18)15(9-13)19(21,22)20(23,24)30(25,26)27/h4-7,10,13-18H,3,8-9H2,1-2H3,(H,25,26,27). The number of benzene rings is 1. The minimum atomic E-state index is -6.26. The molecule has 3 aliphatic rings. The molecule has 0 aromatic heterocycles. The van der Waals surface area contributed by atoms with Gasteiger partial charge in [-0.1, -0.05) is 38.1 Å². The smallest absolute Gasteiger partial charge is 0.342 e. The van der Waals surface area contributed by atoms with Crippen LogP contribution in [0.25, 0.3) is 0 Å². The van der Waals surface area contributed by atoms with Gasteiger partial charge in [-0.15, -0.1) is 0 Å². The van der Waals surface area contributed by atoms with Crippen molar-refractivity contribution in [1.29, 1.82) is 0 Å². The van der Waals surface area contributed by atoms with Crippen LogP contribution in [0.4, 0.5) is 17.6 Å². The fourth-order valence-electron chi connectivity index (χ4n) is 5.12. The molecule has 7 unspecified atom stereocenters. The van der Waals surface area contributed by atoms with Crippen molar-refractivity contribution in [2.75, 3.05) is 0 Å². The minimum Gasteiger partial charge on any atom is -0.342 e. The van der Waals surface area contributed by atoms with Crippen molar-refractivity contribution in [2.45, 2.75) is 68.7 Å². The van der Waals surface area contributed by atoms with Gasteiger partial charge < -0.3 is 9.47 Å². The van der Waals surface area contributed by atoms with E-state index >= 15 is 0 Å². The van der Waals surface area contributed by atoms with Gasteiger partial charge >= 0.3 is 21.3 Å². The first-order valence-electron chi connectivity index (χ1n) is 10.0. The molecule has 0 spiro atoms. The molecule has 5 nitrogen and oxygen atoms in total. The van der Waals surface area contributed by atoms with Crippen LogP contribution in [-0.4, -0.2) is 36.4 Å². The largest absolute Gasteiger partial charge is 0.431 e. The zero-order valence-corrected chi connectivity index (χ0v) is 17.3. The van der Waals surface area contributed by atoms with Crippen molar-refractivity contribution in [1.82, 2.24) is 0 Å². The summed E-state index contributed by atoms with van der Waals surface area (Å²) < 4.78 is 98.9. The van der Waals surface area contributed by atoms with Crippen LogP contribution in [0.2, 0.25) is 0 Å². The predicted octanol–water partition coefficient (Wildman–Crippen LogP) is 4.75. The first kappa shape index (κ1) is 22.0. The monoisotopic (exact) mass is 452 g/mol. The first-order chi connectivity index (χ1) is 13.9. The molecule has 2 saturated carbocycles. The van der Waals surface area contributed by atoms with Crippen molar-refractivity contribution in [3.63, 3.8) is 0 Å². The highest BCUT2D eigenvalue weighted by molar-refractivity contribution is 7.87. The SMILES string of the molecule is CCC(C)c1ccc(C2OC3C4CC(C3O2)C(C(F)(F)C(F)(F)S(=O)(=O)O)C4)cc1. The van der Waals surface area contributed by atoms with Crippen LogP contribution < -0.4 is 0 Å². The van der Waals surface area contributed by atoms with E-state index in [4.69, 9.17) is 14.0 Å². The van der Waals surface area contributed by atoms with E-state index < -0.39 is 57.5 Å². The predicted molar refractivity (Wildman–Crippen MR) is 98.8 cm³/mol. The van der Waals surface area contributed by atoms with Crippen molar-refractivity contribution < 1.29 is 40.0 Å². The Morgan fingerprint density at radius 3 is 2.27 bits per heavy atom. The Morgan fingerprint density at radius 1 is 1.10 bits per heavy atom. The van der Waals surface area contributed by atoms with E-state index in [2.05, 4.69) is 13.8 Å². The van der Waals surface area contributed by atoms with Crippen LogP contribution >= 0.6 is 0 Å². The van der Waals surface area contributed by atoms with Crippen molar-refractivity contribution in [3.05, 3.63) is 35.4 Å². The summed E-state index contributed by atoms with van der Waals surface area (Å²) in [5.74, 6) is -7.86. The maximum absolute atomic E-state index is 14.5. The molecule has 0 radical (unpaired) electrons. The highest BCUT2D eigenvalue weighted by Gasteiger charge is 2.74. The third kappa shape index (κ3) is 3.18. The van der Waals surface area contributed by atoms with Gasteiger partial charge in [-0.2, -0.15) is 26.0 Å². The fourth-order valence-corrected chi connectivity index (χ4v) is 5.61. The number of hydrogen-bond donors (Lipinski definition) is 1. The Morgan fingerprint density at radius 2 is 1.70 bits per heavy atom. The highest BCUT2D eigenvalue weighted by Crippen LogP contribution is 2.62. The van der Waals surface area contributed by atoms with E-state index in [1.807, 2.05) is 24.3 Å². The molecular formula is C20H24F4O5S. The van der Waals surface area contributed by atoms with Gasteiger partial charge in [-0.05, 0) is 42.6 Å². The number of hydrogen-bond acceptors (Lipinski definition) is 4. The Bertz CT molecular complexity index is 904. The molecule has 1 aromatic carbocycles. The van der Waals surface area contributed by atoms with Crippen LogP contribution in [-0.2, 0) is 19.6 Å². The Hall–Kier alpha value is -1.23. The summed E-state index contributed by atoms with van der Waals surface area (Å²) in [5, 5.41) is -5.56. The van der Waals surface area contributed by atoms with Gasteiger partial charge in [-0.3, -0.25) is 4.55 Å². The normalized spacial score (nSPS) is 34.9. The molecule has 168 valence electrons. The quantitative estimate of drug-likeness (QED) is 0.498. The summed E-state index contributed by atoms with van der Waals surface area (Å²) in [6.45, 7) is 4.18. The number of fused-ring (bicyclic) bond motifs is 5. The van der Waals surface area contributed by atoms with Crippen molar-refractivity contribution in [3.8, 4) is 0 Å². The van der Waals surface area contributed by atoms with Crippen LogP contribution in [0.15, 0.2) is 24.3 Å². The lowest BCUT2D eigenvalue weighted by Crippen LogP contribution is -2.55. The molecule has 0 amide bonds. The average molecular weight is 452 g/mol. The van der Waals surface area contributed by atoms with E-state index in [0.717, 1.165) is 12.0 Å². The van der Waals surface area contributed by atoms with Gasteiger partial charge in [0.2, 0.25) is 0 Å². The van der Waals surface area contributed by atoms with E-state index in [0.29, 0.717) is 11.5 Å². The molecule has 3 fully saturated rings. The lowest BCUT2D eigenvalue weighted by atomic mass is 9.81. The third-order valence-corrected chi connectivity index (χ3v) is 7.91. The lowest BCUT2D eigenvalue weighted by Gasteiger charge is -2.36. The van der Waals surface area contributed by atoms with Crippen LogP contribution in [0.1, 0.15) is 56.4 Å². The van der Waals surface area contributed by atoms with Crippen LogP contribution in [0.3, 0.4) is 0 Å². The zero-order valence-electron chi connectivity index (χ0n) is 16.5. The average Bonchev–Trinajstić information content (AvgIpc) is 3.38. The summed E-state index contributed by atoms with van der Waals surface area (Å²) in [6, 6.07) is 7.58. The first-order valence-corrected chi connectivity index (χ1v) is 11.5. The molecule has 1 N–H and O–H groups in total. The summed E-state index contributed by atoms with van der Waals surface area (Å²) in [6.07, 6.45) is -1.25. The molecule has 4 rings (SSSR count). The summed E-state index contributed by atoms with van der Waals surface area (Å²) in [7, 11) is -6.26. The molecule has 7 atom stereocenters. The molecule has 2 bridgehead atoms. The molecule has 1 aromatic rings. The van der Waals surface area contributed by atoms with Gasteiger partial charge in [0.25, 0.3) is 0 Å². The maximum Gasteiger partial charge on any atom is 0.431 e. The highest BCUT2D eigenvalue weighted by atomic mass is 32.2. The Labute approximate surface area is 172 Å². The second kappa shape index (κ2) is 7.15. The Kier molecular flexibility index (Phi) is 5.24. The number of ether oxygens (including phenoxy) is 2. The summed E-state index contributed by atoms with van der Waals surface area (Å²) in [4.78, 5) is 0. The van der Waals surface area contributed by atoms with E-state index in [9.17, 15) is 26.0 Å². The molecule has 1 aliphatic heterocycles. The molecule has 2 aliphatic carbocycles. The van der Waals surface area contributed by atoms with Crippen LogP contribution in [0.5, 0.6) is 0 Å². The molecule has 30 heavy (non-hydrogen) atoms. The molecular weight excluding hydrogens is 428 g/mol. The topological polar surface area (TPSA) is 72.8 Å². The van der Waals surface area contributed by atoms with Gasteiger partial charge in [-0.25, -0.2) is 0 Å². The van der Waals surface area contributed by atoms with Gasteiger partial charge in [0.15, 0.2) is 6.29 Å². The lowest BCUT2D eigenvalue weighted by molar-refractivity contribution is -0.210. The van der Waals surface area contributed by atoms with Crippen molar-refractivity contribution in [2.24, 2.45) is 17.8 Å². The summed E-state index contributed by atoms with van der Waals surface area (Å²) in [5.41, 5.74) is 1.86. The second-order valence-electron chi connectivity index (χ2n) is 8.63. The van der Waals surface area contributed by atoms with Gasteiger partial charge in [0, 0.05) is 11.5 Å². The molecule has 10 heteroatoms. The maximum atomic E-state index is 14.5. The third-order valence-electron chi connectivity index (χ3n) is 6.99. The summed E-state index contributed by atoms with van der Waals surface area (Å²) >= 11 is 0. The second-order valence-corrected chi connectivity index (χ2v) is 10.1. The van der Waals surface area contributed by atoms with E-state index in [-0.39, 0.29) is 12.8 Å². The number of rotatable bonds is 6. The number of halogens is 4. The molecule has 1 heterocycles. The van der Waals surface area contributed by atoms with Crippen LogP contribution in [0, 0.1) is 17.8 Å². The van der Waals surface area contributed by atoms with Gasteiger partial charge in [0.1, 0.15) is 0 Å². The van der Waals surface area contributed by atoms with E-state index in [1.165, 1.54) is 0 Å². The number of alkyl halides is 4. The van der Waals surface area contributed by atoms with E-state index in [1.54, 1.807) is 0 Å². The minimum absolute atomic E-state index is 0.191.